The smallest absolute Gasteiger partial charge is 0.310 e. The fourth-order valence-electron chi connectivity index (χ4n) is 2.39. The summed E-state index contributed by atoms with van der Waals surface area (Å²) in [7, 11) is 3.16. The van der Waals surface area contributed by atoms with Crippen molar-refractivity contribution in [3.63, 3.8) is 0 Å². The molecule has 0 atom stereocenters. The van der Waals surface area contributed by atoms with Crippen LogP contribution in [0.1, 0.15) is 11.1 Å². The summed E-state index contributed by atoms with van der Waals surface area (Å²) in [5.74, 6) is 0.611. The zero-order valence-electron chi connectivity index (χ0n) is 15.0. The van der Waals surface area contributed by atoms with Gasteiger partial charge in [-0.2, -0.15) is 0 Å². The van der Waals surface area contributed by atoms with Crippen LogP contribution in [0.2, 0.25) is 0 Å². The molecule has 26 heavy (non-hydrogen) atoms. The Kier molecular flexibility index (Phi) is 7.49. The highest BCUT2D eigenvalue weighted by Crippen LogP contribution is 2.18. The highest BCUT2D eigenvalue weighted by Gasteiger charge is 2.11. The normalized spacial score (nSPS) is 10.1. The molecule has 1 amide bonds. The molecule has 0 saturated heterocycles. The SMILES string of the molecule is COc1ccc(CCNC(=O)COC(=O)Cc2ccccc2OC)cc1. The monoisotopic (exact) mass is 357 g/mol. The van der Waals surface area contributed by atoms with E-state index in [1.54, 1.807) is 26.4 Å². The number of amides is 1. The standard InChI is InChI=1S/C20H23NO5/c1-24-17-9-7-15(8-10-17)11-12-21-19(22)14-26-20(23)13-16-5-3-4-6-18(16)25-2/h3-10H,11-14H2,1-2H3,(H,21,22). The quantitative estimate of drug-likeness (QED) is 0.696. The second kappa shape index (κ2) is 10.1. The summed E-state index contributed by atoms with van der Waals surface area (Å²) in [6.45, 7) is 0.172. The molecule has 0 aliphatic heterocycles. The van der Waals surface area contributed by atoms with Crippen molar-refractivity contribution in [1.82, 2.24) is 5.32 Å². The number of esters is 1. The molecule has 0 radical (unpaired) electrons. The van der Waals surface area contributed by atoms with E-state index in [-0.39, 0.29) is 18.9 Å². The van der Waals surface area contributed by atoms with Crippen molar-refractivity contribution in [2.75, 3.05) is 27.4 Å². The Bertz CT molecular complexity index is 727. The van der Waals surface area contributed by atoms with E-state index in [0.717, 1.165) is 16.9 Å². The maximum absolute atomic E-state index is 11.9. The van der Waals surface area contributed by atoms with Gasteiger partial charge in [0.05, 0.1) is 20.6 Å². The number of rotatable bonds is 9. The first-order valence-electron chi connectivity index (χ1n) is 8.29. The highest BCUT2D eigenvalue weighted by atomic mass is 16.5. The van der Waals surface area contributed by atoms with Gasteiger partial charge in [-0.3, -0.25) is 9.59 Å². The summed E-state index contributed by atoms with van der Waals surface area (Å²) in [4.78, 5) is 23.7. The lowest BCUT2D eigenvalue weighted by atomic mass is 10.1. The zero-order chi connectivity index (χ0) is 18.8. The molecule has 2 rings (SSSR count). The van der Waals surface area contributed by atoms with E-state index in [0.29, 0.717) is 18.7 Å². The van der Waals surface area contributed by atoms with Crippen LogP contribution in [-0.2, 0) is 27.2 Å². The molecule has 0 aliphatic rings. The number of hydrogen-bond acceptors (Lipinski definition) is 5. The molecule has 0 spiro atoms. The lowest BCUT2D eigenvalue weighted by molar-refractivity contribution is -0.147. The molecule has 0 bridgehead atoms. The van der Waals surface area contributed by atoms with Crippen molar-refractivity contribution in [1.29, 1.82) is 0 Å². The van der Waals surface area contributed by atoms with Crippen molar-refractivity contribution >= 4 is 11.9 Å². The summed E-state index contributed by atoms with van der Waals surface area (Å²) >= 11 is 0. The van der Waals surface area contributed by atoms with E-state index in [1.165, 1.54) is 0 Å². The van der Waals surface area contributed by atoms with Crippen LogP contribution in [-0.4, -0.2) is 39.2 Å². The van der Waals surface area contributed by atoms with Crippen LogP contribution >= 0.6 is 0 Å². The summed E-state index contributed by atoms with van der Waals surface area (Å²) in [6, 6.07) is 14.8. The average molecular weight is 357 g/mol. The third kappa shape index (κ3) is 6.12. The molecule has 1 N–H and O–H groups in total. The van der Waals surface area contributed by atoms with Crippen LogP contribution in [0.4, 0.5) is 0 Å². The minimum absolute atomic E-state index is 0.0587. The summed E-state index contributed by atoms with van der Waals surface area (Å²) < 4.78 is 15.3. The molecule has 2 aromatic rings. The Hall–Kier alpha value is -3.02. The third-order valence-electron chi connectivity index (χ3n) is 3.79. The zero-order valence-corrected chi connectivity index (χ0v) is 15.0. The number of benzene rings is 2. The largest absolute Gasteiger partial charge is 0.497 e. The second-order valence-corrected chi connectivity index (χ2v) is 5.60. The van der Waals surface area contributed by atoms with Crippen LogP contribution in [0.3, 0.4) is 0 Å². The van der Waals surface area contributed by atoms with Crippen molar-refractivity contribution in [2.24, 2.45) is 0 Å². The van der Waals surface area contributed by atoms with E-state index in [9.17, 15) is 9.59 Å². The Balaban J connectivity index is 1.68. The predicted octanol–water partition coefficient (Wildman–Crippen LogP) is 2.15. The van der Waals surface area contributed by atoms with E-state index in [2.05, 4.69) is 5.32 Å². The first-order valence-corrected chi connectivity index (χ1v) is 8.29. The van der Waals surface area contributed by atoms with Gasteiger partial charge in [-0.05, 0) is 30.2 Å². The Morgan fingerprint density at radius 2 is 1.69 bits per heavy atom. The molecular weight excluding hydrogens is 334 g/mol. The first-order chi connectivity index (χ1) is 12.6. The number of carbonyl (C=O) groups is 2. The topological polar surface area (TPSA) is 73.9 Å². The Labute approximate surface area is 153 Å². The molecule has 0 saturated carbocycles. The molecule has 0 aromatic heterocycles. The van der Waals surface area contributed by atoms with Gasteiger partial charge in [0, 0.05) is 12.1 Å². The molecule has 0 aliphatic carbocycles. The fourth-order valence-corrected chi connectivity index (χ4v) is 2.39. The van der Waals surface area contributed by atoms with E-state index in [1.807, 2.05) is 36.4 Å². The van der Waals surface area contributed by atoms with Gasteiger partial charge in [-0.25, -0.2) is 0 Å². The minimum atomic E-state index is -0.472. The fraction of sp³-hybridized carbons (Fsp3) is 0.300. The van der Waals surface area contributed by atoms with Gasteiger partial charge in [-0.15, -0.1) is 0 Å². The molecule has 0 fully saturated rings. The van der Waals surface area contributed by atoms with Crippen LogP contribution < -0.4 is 14.8 Å². The maximum atomic E-state index is 11.9. The van der Waals surface area contributed by atoms with Gasteiger partial charge in [0.2, 0.25) is 0 Å². The van der Waals surface area contributed by atoms with Gasteiger partial charge in [-0.1, -0.05) is 30.3 Å². The molecule has 138 valence electrons. The lowest BCUT2D eigenvalue weighted by Gasteiger charge is -2.09. The van der Waals surface area contributed by atoms with Crippen LogP contribution in [0.15, 0.2) is 48.5 Å². The molecule has 6 nitrogen and oxygen atoms in total. The van der Waals surface area contributed by atoms with Gasteiger partial charge < -0.3 is 19.5 Å². The minimum Gasteiger partial charge on any atom is -0.497 e. The predicted molar refractivity (Wildman–Crippen MR) is 97.4 cm³/mol. The molecule has 2 aromatic carbocycles. The number of para-hydroxylation sites is 1. The lowest BCUT2D eigenvalue weighted by Crippen LogP contribution is -2.30. The summed E-state index contributed by atoms with van der Waals surface area (Å²) in [5, 5.41) is 2.73. The van der Waals surface area contributed by atoms with Crippen molar-refractivity contribution in [2.45, 2.75) is 12.8 Å². The summed E-state index contributed by atoms with van der Waals surface area (Å²) in [5.41, 5.74) is 1.80. The molecular formula is C20H23NO5. The van der Waals surface area contributed by atoms with Crippen LogP contribution in [0, 0.1) is 0 Å². The van der Waals surface area contributed by atoms with Gasteiger partial charge in [0.1, 0.15) is 11.5 Å². The van der Waals surface area contributed by atoms with Gasteiger partial charge in [0.25, 0.3) is 5.91 Å². The maximum Gasteiger partial charge on any atom is 0.310 e. The first kappa shape index (κ1) is 19.3. The molecule has 6 heteroatoms. The average Bonchev–Trinajstić information content (AvgIpc) is 2.67. The van der Waals surface area contributed by atoms with Crippen molar-refractivity contribution < 1.29 is 23.8 Å². The van der Waals surface area contributed by atoms with Crippen LogP contribution in [0.25, 0.3) is 0 Å². The highest BCUT2D eigenvalue weighted by molar-refractivity contribution is 5.81. The van der Waals surface area contributed by atoms with Crippen molar-refractivity contribution in [3.8, 4) is 11.5 Å². The number of nitrogens with one attached hydrogen (secondary N) is 1. The third-order valence-corrected chi connectivity index (χ3v) is 3.79. The summed E-state index contributed by atoms with van der Waals surface area (Å²) in [6.07, 6.45) is 0.744. The van der Waals surface area contributed by atoms with Gasteiger partial charge >= 0.3 is 5.97 Å². The number of ether oxygens (including phenoxy) is 3. The van der Waals surface area contributed by atoms with E-state index >= 15 is 0 Å². The number of carbonyl (C=O) groups excluding carboxylic acids is 2. The Morgan fingerprint density at radius 1 is 0.962 bits per heavy atom. The van der Waals surface area contributed by atoms with Gasteiger partial charge in [0.15, 0.2) is 6.61 Å². The Morgan fingerprint density at radius 3 is 2.38 bits per heavy atom. The van der Waals surface area contributed by atoms with E-state index < -0.39 is 5.97 Å². The molecule has 0 heterocycles. The molecule has 0 unspecified atom stereocenters. The number of methoxy groups -OCH3 is 2. The van der Waals surface area contributed by atoms with E-state index in [4.69, 9.17) is 14.2 Å². The number of hydrogen-bond donors (Lipinski definition) is 1. The van der Waals surface area contributed by atoms with Crippen LogP contribution in [0.5, 0.6) is 11.5 Å². The van der Waals surface area contributed by atoms with Crippen molar-refractivity contribution in [3.05, 3.63) is 59.7 Å². The second-order valence-electron chi connectivity index (χ2n) is 5.60.